The fourth-order valence-corrected chi connectivity index (χ4v) is 4.90. The van der Waals surface area contributed by atoms with Gasteiger partial charge in [-0.25, -0.2) is 4.79 Å². The number of ketones is 1. The van der Waals surface area contributed by atoms with Crippen LogP contribution < -0.4 is 10.1 Å². The zero-order chi connectivity index (χ0) is 36.5. The summed E-state index contributed by atoms with van der Waals surface area (Å²) in [4.78, 5) is 63.4. The number of carbonyl (C=O) groups excluding carboxylic acids is 4. The molecule has 1 aromatic rings. The topological polar surface area (TPSA) is 160 Å². The van der Waals surface area contributed by atoms with Crippen molar-refractivity contribution in [3.8, 4) is 17.6 Å². The van der Waals surface area contributed by atoms with Gasteiger partial charge >= 0.3 is 11.9 Å². The number of nitrogens with one attached hydrogen (secondary N) is 1. The Balaban J connectivity index is 2.66. The minimum Gasteiger partial charge on any atom is -0.481 e. The Bertz CT molecular complexity index is 1260. The molecule has 2 amide bonds. The molecule has 11 nitrogen and oxygen atoms in total. The average molecular weight is 685 g/mol. The molecule has 0 aliphatic rings. The standard InChI is InChI=1S/C38H56N2O9/c1-5-7-9-12-15-18-31(41)19-16-13-10-11-14-17-20-33(38(47,37(45)46)28-34(42)40(3)4)36(44)39-26-25-35(43)49-29-30-21-23-32(24-22-30)48-27-8-6-2/h17,20-24,33,47H,5,7,9-16,18-19,25-29H2,1-4H3,(H,39,44)(H,45,46)/b20-17+/t33-,38+/m1/s1. The third-order valence-corrected chi connectivity index (χ3v) is 7.99. The highest BCUT2D eigenvalue weighted by Gasteiger charge is 2.48. The van der Waals surface area contributed by atoms with Crippen LogP contribution in [0.5, 0.6) is 5.75 Å². The molecule has 0 unspecified atom stereocenters. The van der Waals surface area contributed by atoms with Crippen LogP contribution >= 0.6 is 0 Å². The Morgan fingerprint density at radius 2 is 1.57 bits per heavy atom. The SMILES string of the molecule is CC#CCOc1ccc(COC(=O)CCNC(=O)[C@@H](/C=C/CCCCCCC(=O)CCCCCCC)[C@@](O)(CC(=O)N(C)C)C(=O)O)cc1. The molecule has 1 aromatic carbocycles. The van der Waals surface area contributed by atoms with Crippen LogP contribution in [0.4, 0.5) is 0 Å². The highest BCUT2D eigenvalue weighted by Crippen LogP contribution is 2.26. The first-order valence-corrected chi connectivity index (χ1v) is 17.3. The lowest BCUT2D eigenvalue weighted by Crippen LogP contribution is -2.54. The molecular formula is C38H56N2O9. The van der Waals surface area contributed by atoms with E-state index in [0.29, 0.717) is 30.8 Å². The molecule has 0 fully saturated rings. The van der Waals surface area contributed by atoms with Crippen LogP contribution in [0.3, 0.4) is 0 Å². The van der Waals surface area contributed by atoms with Gasteiger partial charge in [0, 0.05) is 33.5 Å². The fraction of sp³-hybridized carbons (Fsp3) is 0.605. The van der Waals surface area contributed by atoms with E-state index in [-0.39, 0.29) is 26.2 Å². The van der Waals surface area contributed by atoms with Gasteiger partial charge < -0.3 is 29.9 Å². The van der Waals surface area contributed by atoms with Gasteiger partial charge in [0.15, 0.2) is 5.60 Å². The monoisotopic (exact) mass is 684 g/mol. The van der Waals surface area contributed by atoms with Crippen LogP contribution in [0, 0.1) is 17.8 Å². The van der Waals surface area contributed by atoms with Crippen molar-refractivity contribution in [3.05, 3.63) is 42.0 Å². The maximum atomic E-state index is 13.2. The molecule has 0 saturated carbocycles. The Morgan fingerprint density at radius 1 is 0.939 bits per heavy atom. The molecule has 3 N–H and O–H groups in total. The van der Waals surface area contributed by atoms with E-state index >= 15 is 0 Å². The van der Waals surface area contributed by atoms with E-state index < -0.39 is 41.7 Å². The van der Waals surface area contributed by atoms with Gasteiger partial charge in [-0.15, -0.1) is 5.92 Å². The number of carbonyl (C=O) groups is 5. The maximum Gasteiger partial charge on any atom is 0.337 e. The predicted octanol–water partition coefficient (Wildman–Crippen LogP) is 5.37. The summed E-state index contributed by atoms with van der Waals surface area (Å²) in [5, 5.41) is 23.6. The fourth-order valence-electron chi connectivity index (χ4n) is 4.90. The van der Waals surface area contributed by atoms with Gasteiger partial charge in [0.1, 0.15) is 24.7 Å². The first kappa shape index (κ1) is 42.9. The quantitative estimate of drug-likeness (QED) is 0.0504. The lowest BCUT2D eigenvalue weighted by atomic mass is 9.82. The second kappa shape index (κ2) is 24.9. The number of amides is 2. The third-order valence-electron chi connectivity index (χ3n) is 7.99. The summed E-state index contributed by atoms with van der Waals surface area (Å²) in [5.74, 6) is 1.08. The second-order valence-electron chi connectivity index (χ2n) is 12.3. The van der Waals surface area contributed by atoms with Gasteiger partial charge in [-0.1, -0.05) is 75.7 Å². The number of unbranched alkanes of at least 4 members (excludes halogenated alkanes) is 8. The summed E-state index contributed by atoms with van der Waals surface area (Å²) in [5.41, 5.74) is -1.98. The van der Waals surface area contributed by atoms with E-state index in [1.54, 1.807) is 37.3 Å². The summed E-state index contributed by atoms with van der Waals surface area (Å²) >= 11 is 0. The summed E-state index contributed by atoms with van der Waals surface area (Å²) in [7, 11) is 2.85. The number of carboxylic acid groups (broad SMARTS) is 1. The second-order valence-corrected chi connectivity index (χ2v) is 12.3. The number of aliphatic carboxylic acids is 1. The number of Topliss-reactive ketones (excluding diaryl/α,β-unsaturated/α-hetero) is 1. The Hall–Kier alpha value is -4.17. The highest BCUT2D eigenvalue weighted by molar-refractivity contribution is 5.94. The number of hydrogen-bond acceptors (Lipinski definition) is 8. The number of allylic oxidation sites excluding steroid dienone is 1. The molecule has 1 rings (SSSR count). The van der Waals surface area contributed by atoms with Crippen molar-refractivity contribution in [1.29, 1.82) is 0 Å². The first-order valence-electron chi connectivity index (χ1n) is 17.3. The van der Waals surface area contributed by atoms with E-state index in [2.05, 4.69) is 24.1 Å². The summed E-state index contributed by atoms with van der Waals surface area (Å²) in [6.45, 7) is 4.00. The average Bonchev–Trinajstić information content (AvgIpc) is 3.06. The maximum absolute atomic E-state index is 13.2. The zero-order valence-corrected chi connectivity index (χ0v) is 29.8. The lowest BCUT2D eigenvalue weighted by molar-refractivity contribution is -0.170. The predicted molar refractivity (Wildman–Crippen MR) is 187 cm³/mol. The summed E-state index contributed by atoms with van der Waals surface area (Å²) < 4.78 is 10.7. The molecule has 0 aliphatic carbocycles. The number of benzene rings is 1. The van der Waals surface area contributed by atoms with E-state index in [0.717, 1.165) is 49.0 Å². The smallest absolute Gasteiger partial charge is 0.337 e. The van der Waals surface area contributed by atoms with Gasteiger partial charge in [-0.3, -0.25) is 19.2 Å². The summed E-state index contributed by atoms with van der Waals surface area (Å²) in [6.07, 6.45) is 12.5. The van der Waals surface area contributed by atoms with E-state index in [9.17, 15) is 34.2 Å². The first-order chi connectivity index (χ1) is 23.4. The highest BCUT2D eigenvalue weighted by atomic mass is 16.5. The number of esters is 1. The van der Waals surface area contributed by atoms with Gasteiger partial charge in [0.25, 0.3) is 0 Å². The molecule has 0 heterocycles. The van der Waals surface area contributed by atoms with Gasteiger partial charge in [-0.2, -0.15) is 0 Å². The Morgan fingerprint density at radius 3 is 2.16 bits per heavy atom. The Kier molecular flexibility index (Phi) is 21.8. The molecule has 2 atom stereocenters. The normalized spacial score (nSPS) is 12.7. The van der Waals surface area contributed by atoms with Crippen LogP contribution in [0.1, 0.15) is 109 Å². The van der Waals surface area contributed by atoms with Crippen LogP contribution in [0.15, 0.2) is 36.4 Å². The molecule has 0 spiro atoms. The molecule has 272 valence electrons. The van der Waals surface area contributed by atoms with Crippen molar-refractivity contribution in [2.75, 3.05) is 27.2 Å². The number of rotatable bonds is 26. The van der Waals surface area contributed by atoms with Crippen LogP contribution in [0.25, 0.3) is 0 Å². The number of nitrogens with zero attached hydrogens (tertiary/aromatic N) is 1. The lowest BCUT2D eigenvalue weighted by Gasteiger charge is -2.30. The molecule has 0 bridgehead atoms. The van der Waals surface area contributed by atoms with E-state index in [1.165, 1.54) is 39.4 Å². The third kappa shape index (κ3) is 18.2. The summed E-state index contributed by atoms with van der Waals surface area (Å²) in [6, 6.07) is 6.97. The van der Waals surface area contributed by atoms with Crippen molar-refractivity contribution in [3.63, 3.8) is 0 Å². The van der Waals surface area contributed by atoms with E-state index in [4.69, 9.17) is 9.47 Å². The number of ether oxygens (including phenoxy) is 2. The molecule has 49 heavy (non-hydrogen) atoms. The van der Waals surface area contributed by atoms with Gasteiger partial charge in [0.2, 0.25) is 11.8 Å². The van der Waals surface area contributed by atoms with Crippen molar-refractivity contribution in [2.24, 2.45) is 5.92 Å². The van der Waals surface area contributed by atoms with Gasteiger partial charge in [-0.05, 0) is 50.3 Å². The molecule has 0 aromatic heterocycles. The number of carboxylic acids is 1. The number of aliphatic hydroxyl groups is 1. The van der Waals surface area contributed by atoms with Crippen LogP contribution in [-0.2, 0) is 35.3 Å². The van der Waals surface area contributed by atoms with Gasteiger partial charge in [0.05, 0.1) is 18.8 Å². The van der Waals surface area contributed by atoms with Crippen molar-refractivity contribution < 1.29 is 43.7 Å². The van der Waals surface area contributed by atoms with Crippen molar-refractivity contribution >= 4 is 29.5 Å². The zero-order valence-electron chi connectivity index (χ0n) is 29.8. The van der Waals surface area contributed by atoms with Crippen LogP contribution in [-0.4, -0.2) is 77.5 Å². The molecule has 11 heteroatoms. The molecule has 0 radical (unpaired) electrons. The molecular weight excluding hydrogens is 628 g/mol. The largest absolute Gasteiger partial charge is 0.481 e. The minimum absolute atomic E-state index is 0.00797. The minimum atomic E-state index is -2.71. The van der Waals surface area contributed by atoms with Crippen molar-refractivity contribution in [1.82, 2.24) is 10.2 Å². The van der Waals surface area contributed by atoms with Crippen LogP contribution in [0.2, 0.25) is 0 Å². The Labute approximate surface area is 291 Å². The van der Waals surface area contributed by atoms with E-state index in [1.807, 2.05) is 0 Å². The molecule has 0 aliphatic heterocycles. The van der Waals surface area contributed by atoms with Crippen molar-refractivity contribution in [2.45, 2.75) is 116 Å². The molecule has 0 saturated heterocycles. The number of hydrogen-bond donors (Lipinski definition) is 3.